The molecule has 3 fully saturated rings. The zero-order valence-electron chi connectivity index (χ0n) is 12.1. The molecule has 3 aliphatic heterocycles. The number of rotatable bonds is 3. The Labute approximate surface area is 121 Å². The van der Waals surface area contributed by atoms with E-state index in [0.29, 0.717) is 0 Å². The standard InChI is InChI=1S/C12H27N4O3P/c13-20(14-1-7-17-8-2-14,15-3-9-18-10-4-15)16-5-11-19-12-6-16/h20H,1-13H2. The molecule has 0 radical (unpaired) electrons. The Balaban J connectivity index is 1.79. The van der Waals surface area contributed by atoms with Gasteiger partial charge in [0, 0.05) is 0 Å². The second-order valence-electron chi connectivity index (χ2n) is 5.49. The Hall–Kier alpha value is 0.150. The molecule has 0 aromatic carbocycles. The molecule has 0 aromatic heterocycles. The molecule has 0 aromatic rings. The van der Waals surface area contributed by atoms with Crippen LogP contribution >= 0.6 is 7.87 Å². The van der Waals surface area contributed by atoms with Crippen molar-refractivity contribution < 1.29 is 14.2 Å². The molecule has 3 rings (SSSR count). The summed E-state index contributed by atoms with van der Waals surface area (Å²) in [5.41, 5.74) is 7.07. The molecule has 118 valence electrons. The Morgan fingerprint density at radius 3 is 1.05 bits per heavy atom. The molecule has 0 atom stereocenters. The second kappa shape index (κ2) is 6.94. The van der Waals surface area contributed by atoms with E-state index in [0.717, 1.165) is 78.9 Å². The van der Waals surface area contributed by atoms with E-state index >= 15 is 0 Å². The van der Waals surface area contributed by atoms with Gasteiger partial charge in [-0.15, -0.1) is 0 Å². The van der Waals surface area contributed by atoms with Gasteiger partial charge in [-0.05, 0) is 0 Å². The van der Waals surface area contributed by atoms with Crippen molar-refractivity contribution in [2.75, 3.05) is 78.9 Å². The molecule has 8 heteroatoms. The third kappa shape index (κ3) is 3.00. The van der Waals surface area contributed by atoms with E-state index in [1.807, 2.05) is 0 Å². The molecule has 2 N–H and O–H groups in total. The van der Waals surface area contributed by atoms with Crippen LogP contribution in [0.15, 0.2) is 0 Å². The molecule has 0 spiro atoms. The van der Waals surface area contributed by atoms with Crippen LogP contribution in [0.1, 0.15) is 0 Å². The minimum atomic E-state index is -2.29. The number of ether oxygens (including phenoxy) is 3. The monoisotopic (exact) mass is 306 g/mol. The van der Waals surface area contributed by atoms with Gasteiger partial charge >= 0.3 is 121 Å². The molecule has 0 unspecified atom stereocenters. The molecule has 3 heterocycles. The van der Waals surface area contributed by atoms with Crippen molar-refractivity contribution in [2.45, 2.75) is 0 Å². The van der Waals surface area contributed by atoms with Gasteiger partial charge in [0.1, 0.15) is 0 Å². The molecule has 7 nitrogen and oxygen atoms in total. The Kier molecular flexibility index (Phi) is 5.23. The maximum absolute atomic E-state index is 7.07. The third-order valence-corrected chi connectivity index (χ3v) is 8.56. The number of morpholine rings is 3. The maximum atomic E-state index is 7.07. The fraction of sp³-hybridized carbons (Fsp3) is 1.00. The van der Waals surface area contributed by atoms with Crippen molar-refractivity contribution in [3.05, 3.63) is 0 Å². The number of hydrogen-bond donors (Lipinski definition) is 1. The van der Waals surface area contributed by atoms with Gasteiger partial charge < -0.3 is 0 Å². The van der Waals surface area contributed by atoms with E-state index in [2.05, 4.69) is 14.0 Å². The Bertz CT molecular complexity index is 260. The van der Waals surface area contributed by atoms with Crippen molar-refractivity contribution in [3.8, 4) is 0 Å². The van der Waals surface area contributed by atoms with Crippen molar-refractivity contribution in [1.29, 1.82) is 0 Å². The van der Waals surface area contributed by atoms with Gasteiger partial charge in [-0.1, -0.05) is 0 Å². The van der Waals surface area contributed by atoms with Crippen LogP contribution in [-0.2, 0) is 14.2 Å². The SMILES string of the molecule is N[PH](N1CCOCC1)(N1CCOCC1)N1CCOCC1. The van der Waals surface area contributed by atoms with E-state index in [9.17, 15) is 0 Å². The number of nitrogens with zero attached hydrogens (tertiary/aromatic N) is 3. The van der Waals surface area contributed by atoms with Crippen LogP contribution in [0.3, 0.4) is 0 Å². The quantitative estimate of drug-likeness (QED) is 0.695. The average Bonchev–Trinajstić information content (AvgIpc) is 2.56. The van der Waals surface area contributed by atoms with Crippen molar-refractivity contribution >= 4 is 7.87 Å². The fourth-order valence-electron chi connectivity index (χ4n) is 3.28. The van der Waals surface area contributed by atoms with Crippen molar-refractivity contribution in [3.63, 3.8) is 0 Å². The van der Waals surface area contributed by atoms with Gasteiger partial charge in [-0.3, -0.25) is 0 Å². The molecule has 3 aliphatic rings. The Morgan fingerprint density at radius 2 is 0.800 bits per heavy atom. The summed E-state index contributed by atoms with van der Waals surface area (Å²) < 4.78 is 24.0. The molecular formula is C12H27N4O3P. The van der Waals surface area contributed by atoms with Crippen molar-refractivity contribution in [2.24, 2.45) is 5.50 Å². The first kappa shape index (κ1) is 15.1. The molecular weight excluding hydrogens is 279 g/mol. The van der Waals surface area contributed by atoms with Crippen LogP contribution in [0, 0.1) is 0 Å². The number of hydrogen-bond acceptors (Lipinski definition) is 7. The molecule has 0 aliphatic carbocycles. The van der Waals surface area contributed by atoms with Gasteiger partial charge in [-0.25, -0.2) is 0 Å². The minimum absolute atomic E-state index is 0.792. The third-order valence-electron chi connectivity index (χ3n) is 4.43. The summed E-state index contributed by atoms with van der Waals surface area (Å²) >= 11 is 0. The van der Waals surface area contributed by atoms with Crippen LogP contribution < -0.4 is 5.50 Å². The molecule has 0 amide bonds. The first-order valence-electron chi connectivity index (χ1n) is 7.59. The van der Waals surface area contributed by atoms with Crippen LogP contribution in [-0.4, -0.2) is 92.9 Å². The van der Waals surface area contributed by atoms with E-state index in [4.69, 9.17) is 19.7 Å². The first-order valence-corrected chi connectivity index (χ1v) is 9.51. The summed E-state index contributed by atoms with van der Waals surface area (Å²) in [6, 6.07) is 0. The van der Waals surface area contributed by atoms with E-state index in [1.54, 1.807) is 0 Å². The fourth-order valence-corrected chi connectivity index (χ4v) is 7.00. The van der Waals surface area contributed by atoms with E-state index < -0.39 is 7.87 Å². The van der Waals surface area contributed by atoms with Crippen LogP contribution in [0.25, 0.3) is 0 Å². The molecule has 0 saturated carbocycles. The summed E-state index contributed by atoms with van der Waals surface area (Å²) in [5.74, 6) is 0. The Morgan fingerprint density at radius 1 is 0.550 bits per heavy atom. The first-order chi connectivity index (χ1) is 9.82. The predicted molar refractivity (Wildman–Crippen MR) is 79.7 cm³/mol. The van der Waals surface area contributed by atoms with Gasteiger partial charge in [0.15, 0.2) is 0 Å². The second-order valence-corrected chi connectivity index (χ2v) is 8.76. The summed E-state index contributed by atoms with van der Waals surface area (Å²) in [6.45, 7) is 10.4. The van der Waals surface area contributed by atoms with Crippen LogP contribution in [0.5, 0.6) is 0 Å². The predicted octanol–water partition coefficient (Wildman–Crippen LogP) is -0.648. The van der Waals surface area contributed by atoms with E-state index in [1.165, 1.54) is 0 Å². The summed E-state index contributed by atoms with van der Waals surface area (Å²) in [5, 5.41) is 0. The summed E-state index contributed by atoms with van der Waals surface area (Å²) in [4.78, 5) is 0. The zero-order valence-corrected chi connectivity index (χ0v) is 13.1. The van der Waals surface area contributed by atoms with Gasteiger partial charge in [0.25, 0.3) is 0 Å². The zero-order chi connectivity index (χ0) is 13.8. The summed E-state index contributed by atoms with van der Waals surface area (Å²) in [7, 11) is -2.29. The van der Waals surface area contributed by atoms with Gasteiger partial charge in [0.2, 0.25) is 0 Å². The molecule has 20 heavy (non-hydrogen) atoms. The van der Waals surface area contributed by atoms with E-state index in [-0.39, 0.29) is 0 Å². The van der Waals surface area contributed by atoms with Crippen molar-refractivity contribution in [1.82, 2.24) is 14.0 Å². The average molecular weight is 306 g/mol. The van der Waals surface area contributed by atoms with Gasteiger partial charge in [-0.2, -0.15) is 0 Å². The normalized spacial score (nSPS) is 29.4. The summed E-state index contributed by atoms with van der Waals surface area (Å²) in [6.07, 6.45) is 0. The van der Waals surface area contributed by atoms with Crippen LogP contribution in [0.2, 0.25) is 0 Å². The number of nitrogens with two attached hydrogens (primary N) is 1. The van der Waals surface area contributed by atoms with Crippen LogP contribution in [0.4, 0.5) is 0 Å². The van der Waals surface area contributed by atoms with Gasteiger partial charge in [0.05, 0.1) is 0 Å². The topological polar surface area (TPSA) is 63.4 Å². The molecule has 0 bridgehead atoms. The molecule has 3 saturated heterocycles.